The predicted octanol–water partition coefficient (Wildman–Crippen LogP) is 4.40. The largest absolute Gasteiger partial charge is 0.356 e. The number of benzene rings is 2. The lowest BCUT2D eigenvalue weighted by atomic mass is 10.2. The summed E-state index contributed by atoms with van der Waals surface area (Å²) in [6.45, 7) is 2.28. The molecular formula is C23H27N3O4S. The second kappa shape index (κ2) is 10.9. The van der Waals surface area contributed by atoms with Crippen LogP contribution in [0.2, 0.25) is 0 Å². The third-order valence-corrected chi connectivity index (χ3v) is 6.13. The number of hydrogen-bond donors (Lipinski definition) is 1. The van der Waals surface area contributed by atoms with Gasteiger partial charge >= 0.3 is 6.03 Å². The fourth-order valence-electron chi connectivity index (χ4n) is 3.06. The molecule has 3 aromatic rings. The Bertz CT molecular complexity index is 1100. The van der Waals surface area contributed by atoms with Crippen LogP contribution in [0.25, 0.3) is 10.9 Å². The highest BCUT2D eigenvalue weighted by atomic mass is 32.2. The van der Waals surface area contributed by atoms with Crippen molar-refractivity contribution in [2.75, 3.05) is 6.54 Å². The summed E-state index contributed by atoms with van der Waals surface area (Å²) in [7, 11) is -4.06. The van der Waals surface area contributed by atoms with Crippen LogP contribution in [-0.2, 0) is 27.2 Å². The second-order valence-corrected chi connectivity index (χ2v) is 8.96. The molecule has 0 fully saturated rings. The molecular weight excluding hydrogens is 414 g/mol. The van der Waals surface area contributed by atoms with Crippen molar-refractivity contribution in [1.29, 1.82) is 0 Å². The van der Waals surface area contributed by atoms with E-state index in [9.17, 15) is 13.2 Å². The van der Waals surface area contributed by atoms with Crippen molar-refractivity contribution in [2.24, 2.45) is 0 Å². The zero-order valence-corrected chi connectivity index (χ0v) is 18.3. The molecule has 1 N–H and O–H groups in total. The van der Waals surface area contributed by atoms with Crippen molar-refractivity contribution in [3.63, 3.8) is 0 Å². The Morgan fingerprint density at radius 2 is 1.74 bits per heavy atom. The Morgan fingerprint density at radius 1 is 1.00 bits per heavy atom. The molecule has 0 unspecified atom stereocenters. The quantitative estimate of drug-likeness (QED) is 0.372. The number of hydroxylamine groups is 1. The van der Waals surface area contributed by atoms with Gasteiger partial charge in [-0.1, -0.05) is 78.8 Å². The number of carbonyl (C=O) groups excluding carboxylic acids is 1. The molecule has 1 aromatic heterocycles. The molecule has 2 amide bonds. The van der Waals surface area contributed by atoms with Gasteiger partial charge in [-0.3, -0.25) is 4.98 Å². The van der Waals surface area contributed by atoms with E-state index in [1.54, 1.807) is 36.4 Å². The summed E-state index contributed by atoms with van der Waals surface area (Å²) in [6.07, 6.45) is 2.70. The Labute approximate surface area is 183 Å². The number of para-hydroxylation sites is 1. The summed E-state index contributed by atoms with van der Waals surface area (Å²) in [4.78, 5) is 22.7. The van der Waals surface area contributed by atoms with E-state index < -0.39 is 16.1 Å². The molecule has 7 nitrogen and oxygen atoms in total. The number of unbranched alkanes of at least 4 members (excludes halogenated alkanes) is 2. The van der Waals surface area contributed by atoms with Crippen LogP contribution in [0, 0.1) is 0 Å². The average Bonchev–Trinajstić information content (AvgIpc) is 2.77. The number of fused-ring (bicyclic) bond motifs is 1. The summed E-state index contributed by atoms with van der Waals surface area (Å²) in [5.41, 5.74) is 1.86. The van der Waals surface area contributed by atoms with E-state index in [1.807, 2.05) is 30.3 Å². The van der Waals surface area contributed by atoms with Crippen LogP contribution in [0.1, 0.15) is 37.4 Å². The summed E-state index contributed by atoms with van der Waals surface area (Å²) in [6, 6.07) is 19.1. The average molecular weight is 442 g/mol. The van der Waals surface area contributed by atoms with Gasteiger partial charge < -0.3 is 5.32 Å². The zero-order chi connectivity index (χ0) is 22.1. The van der Waals surface area contributed by atoms with E-state index in [1.165, 1.54) is 0 Å². The molecule has 0 saturated carbocycles. The van der Waals surface area contributed by atoms with Crippen molar-refractivity contribution >= 4 is 27.0 Å². The SMILES string of the molecule is CCCCCNC(=O)N(OCc1ccc2ccccc2n1)S(=O)(=O)Cc1ccccc1. The second-order valence-electron chi connectivity index (χ2n) is 7.18. The molecule has 0 radical (unpaired) electrons. The van der Waals surface area contributed by atoms with Crippen molar-refractivity contribution in [2.45, 2.75) is 38.5 Å². The van der Waals surface area contributed by atoms with Crippen molar-refractivity contribution in [3.05, 3.63) is 78.0 Å². The molecule has 0 aliphatic rings. The zero-order valence-electron chi connectivity index (χ0n) is 17.5. The Kier molecular flexibility index (Phi) is 7.97. The predicted molar refractivity (Wildman–Crippen MR) is 120 cm³/mol. The third kappa shape index (κ3) is 6.50. The molecule has 3 rings (SSSR count). The summed E-state index contributed by atoms with van der Waals surface area (Å²) < 4.78 is 26.4. The van der Waals surface area contributed by atoms with Gasteiger partial charge in [0, 0.05) is 11.9 Å². The number of pyridine rings is 1. The Balaban J connectivity index is 1.75. The van der Waals surface area contributed by atoms with Gasteiger partial charge in [0.25, 0.3) is 10.0 Å². The fourth-order valence-corrected chi connectivity index (χ4v) is 4.32. The number of hydrogen-bond acceptors (Lipinski definition) is 5. The molecule has 0 atom stereocenters. The van der Waals surface area contributed by atoms with E-state index in [-0.39, 0.29) is 12.4 Å². The summed E-state index contributed by atoms with van der Waals surface area (Å²) in [5, 5.41) is 3.60. The molecule has 0 aliphatic carbocycles. The molecule has 2 aromatic carbocycles. The third-order valence-electron chi connectivity index (χ3n) is 4.65. The number of nitrogens with zero attached hydrogens (tertiary/aromatic N) is 2. The first-order valence-corrected chi connectivity index (χ1v) is 11.9. The fraction of sp³-hybridized carbons (Fsp3) is 0.304. The van der Waals surface area contributed by atoms with Crippen LogP contribution in [0.3, 0.4) is 0 Å². The maximum absolute atomic E-state index is 13.0. The molecule has 31 heavy (non-hydrogen) atoms. The maximum atomic E-state index is 13.0. The van der Waals surface area contributed by atoms with Crippen molar-refractivity contribution in [1.82, 2.24) is 14.8 Å². The van der Waals surface area contributed by atoms with Crippen LogP contribution in [0.5, 0.6) is 0 Å². The number of nitrogens with one attached hydrogen (secondary N) is 1. The first kappa shape index (κ1) is 22.7. The Morgan fingerprint density at radius 3 is 2.52 bits per heavy atom. The first-order chi connectivity index (χ1) is 15.0. The van der Waals surface area contributed by atoms with Crippen LogP contribution < -0.4 is 5.32 Å². The number of rotatable bonds is 10. The lowest BCUT2D eigenvalue weighted by molar-refractivity contribution is -0.0613. The van der Waals surface area contributed by atoms with Gasteiger partial charge in [0.05, 0.1) is 17.0 Å². The lowest BCUT2D eigenvalue weighted by Crippen LogP contribution is -2.44. The Hall–Kier alpha value is -2.97. The van der Waals surface area contributed by atoms with Gasteiger partial charge in [0.2, 0.25) is 0 Å². The van der Waals surface area contributed by atoms with Gasteiger partial charge in [-0.25, -0.2) is 18.0 Å². The highest BCUT2D eigenvalue weighted by Crippen LogP contribution is 2.16. The van der Waals surface area contributed by atoms with E-state index in [2.05, 4.69) is 17.2 Å². The molecule has 0 saturated heterocycles. The highest BCUT2D eigenvalue weighted by Gasteiger charge is 2.29. The van der Waals surface area contributed by atoms with Gasteiger partial charge in [-0.2, -0.15) is 0 Å². The van der Waals surface area contributed by atoms with Crippen molar-refractivity contribution < 1.29 is 18.0 Å². The molecule has 1 heterocycles. The highest BCUT2D eigenvalue weighted by molar-refractivity contribution is 7.88. The molecule has 0 bridgehead atoms. The van der Waals surface area contributed by atoms with Crippen LogP contribution in [0.15, 0.2) is 66.7 Å². The first-order valence-electron chi connectivity index (χ1n) is 10.3. The standard InChI is InChI=1S/C23H27N3O4S/c1-2-3-9-16-24-23(27)26(31(28,29)18-19-10-5-4-6-11-19)30-17-21-15-14-20-12-7-8-13-22(20)25-21/h4-8,10-15H,2-3,9,16-18H2,1H3,(H,24,27). The minimum atomic E-state index is -4.06. The summed E-state index contributed by atoms with van der Waals surface area (Å²) in [5.74, 6) is -0.346. The summed E-state index contributed by atoms with van der Waals surface area (Å²) >= 11 is 0. The number of sulfonamides is 1. The smallest absolute Gasteiger partial charge is 0.335 e. The molecule has 8 heteroatoms. The van der Waals surface area contributed by atoms with Gasteiger partial charge in [0.1, 0.15) is 6.61 Å². The van der Waals surface area contributed by atoms with Crippen LogP contribution in [0.4, 0.5) is 4.79 Å². The van der Waals surface area contributed by atoms with Crippen LogP contribution >= 0.6 is 0 Å². The van der Waals surface area contributed by atoms with E-state index >= 15 is 0 Å². The molecule has 0 aliphatic heterocycles. The van der Waals surface area contributed by atoms with Gasteiger partial charge in [0.15, 0.2) is 0 Å². The number of aromatic nitrogens is 1. The number of carbonyl (C=O) groups is 1. The topological polar surface area (TPSA) is 88.6 Å². The van der Waals surface area contributed by atoms with Gasteiger partial charge in [-0.05, 0) is 24.1 Å². The minimum Gasteiger partial charge on any atom is -0.335 e. The maximum Gasteiger partial charge on any atom is 0.356 e. The minimum absolute atomic E-state index is 0.152. The normalized spacial score (nSPS) is 11.4. The monoisotopic (exact) mass is 441 g/mol. The molecule has 0 spiro atoms. The number of amides is 2. The lowest BCUT2D eigenvalue weighted by Gasteiger charge is -2.22. The van der Waals surface area contributed by atoms with E-state index in [4.69, 9.17) is 4.84 Å². The molecule has 164 valence electrons. The van der Waals surface area contributed by atoms with Crippen LogP contribution in [-0.4, -0.2) is 30.4 Å². The van der Waals surface area contributed by atoms with Gasteiger partial charge in [-0.15, -0.1) is 0 Å². The van der Waals surface area contributed by atoms with Crippen molar-refractivity contribution in [3.8, 4) is 0 Å². The number of urea groups is 1. The van der Waals surface area contributed by atoms with E-state index in [0.29, 0.717) is 22.3 Å². The van der Waals surface area contributed by atoms with E-state index in [0.717, 1.165) is 30.2 Å².